The van der Waals surface area contributed by atoms with Gasteiger partial charge in [0.2, 0.25) is 0 Å². The number of carbonyl (C=O) groups is 2. The third-order valence-electron chi connectivity index (χ3n) is 7.73. The molecule has 1 fully saturated rings. The van der Waals surface area contributed by atoms with Gasteiger partial charge in [-0.05, 0) is 92.6 Å². The number of nitrogens with zero attached hydrogens (tertiary/aromatic N) is 1. The highest BCUT2D eigenvalue weighted by Crippen LogP contribution is 2.57. The Balaban J connectivity index is 0.000000910. The SMILES string of the molecule is C=CC.CC.COC(=O)C1(C2CC=C(c3ccc(-c4snc(C)c4NC(=O)O[C@H](C)c4ccccc4)cc3)CC2)CC1. The number of amides is 1. The summed E-state index contributed by atoms with van der Waals surface area (Å²) in [6, 6.07) is 18.1. The number of esters is 1. The molecule has 0 spiro atoms. The van der Waals surface area contributed by atoms with Gasteiger partial charge >= 0.3 is 12.1 Å². The topological polar surface area (TPSA) is 77.5 Å². The van der Waals surface area contributed by atoms with Crippen molar-refractivity contribution in [3.63, 3.8) is 0 Å². The summed E-state index contributed by atoms with van der Waals surface area (Å²) < 4.78 is 15.2. The second-order valence-electron chi connectivity index (χ2n) is 10.4. The van der Waals surface area contributed by atoms with Crippen LogP contribution in [0.15, 0.2) is 73.3 Å². The molecule has 7 heteroatoms. The third kappa shape index (κ3) is 7.77. The molecular formula is C35H44N2O4S. The van der Waals surface area contributed by atoms with Crippen LogP contribution in [-0.2, 0) is 14.3 Å². The Bertz CT molecular complexity index is 1360. The van der Waals surface area contributed by atoms with E-state index in [4.69, 9.17) is 9.47 Å². The number of hydrogen-bond acceptors (Lipinski definition) is 6. The van der Waals surface area contributed by atoms with Crippen LogP contribution in [0, 0.1) is 18.3 Å². The van der Waals surface area contributed by atoms with Gasteiger partial charge in [-0.2, -0.15) is 4.37 Å². The van der Waals surface area contributed by atoms with E-state index < -0.39 is 6.09 Å². The van der Waals surface area contributed by atoms with Crippen molar-refractivity contribution in [1.29, 1.82) is 0 Å². The number of benzene rings is 2. The van der Waals surface area contributed by atoms with Crippen molar-refractivity contribution in [2.75, 3.05) is 12.4 Å². The molecule has 0 bridgehead atoms. The summed E-state index contributed by atoms with van der Waals surface area (Å²) in [6.45, 7) is 13.0. The summed E-state index contributed by atoms with van der Waals surface area (Å²) in [5.74, 6) is 0.336. The Labute approximate surface area is 255 Å². The van der Waals surface area contributed by atoms with E-state index in [1.54, 1.807) is 6.08 Å². The molecule has 1 amide bonds. The fourth-order valence-corrected chi connectivity index (χ4v) is 6.20. The van der Waals surface area contributed by atoms with Gasteiger partial charge in [-0.1, -0.05) is 80.6 Å². The Hall–Kier alpha value is -3.71. The maximum absolute atomic E-state index is 12.7. The molecule has 6 nitrogen and oxygen atoms in total. The van der Waals surface area contributed by atoms with Gasteiger partial charge in [-0.15, -0.1) is 6.58 Å². The zero-order chi connectivity index (χ0) is 30.7. The quantitative estimate of drug-likeness (QED) is 0.220. The van der Waals surface area contributed by atoms with Crippen molar-refractivity contribution in [2.45, 2.75) is 72.8 Å². The fraction of sp³-hybridized carbons (Fsp3) is 0.400. The molecule has 1 aromatic heterocycles. The molecule has 3 aromatic rings. The smallest absolute Gasteiger partial charge is 0.412 e. The molecule has 1 unspecified atom stereocenters. The van der Waals surface area contributed by atoms with E-state index in [2.05, 4.69) is 46.6 Å². The molecule has 0 saturated heterocycles. The van der Waals surface area contributed by atoms with Gasteiger partial charge < -0.3 is 9.47 Å². The molecule has 2 aliphatic carbocycles. The number of nitrogens with one attached hydrogen (secondary N) is 1. The van der Waals surface area contributed by atoms with E-state index in [1.807, 2.05) is 65.0 Å². The number of anilines is 1. The van der Waals surface area contributed by atoms with Gasteiger partial charge in [0.1, 0.15) is 6.10 Å². The molecule has 0 aliphatic heterocycles. The van der Waals surface area contributed by atoms with Gasteiger partial charge in [0.15, 0.2) is 0 Å². The van der Waals surface area contributed by atoms with Crippen molar-refractivity contribution < 1.29 is 19.1 Å². The summed E-state index contributed by atoms with van der Waals surface area (Å²) in [4.78, 5) is 25.8. The number of aromatic nitrogens is 1. The molecule has 1 heterocycles. The van der Waals surface area contributed by atoms with Crippen molar-refractivity contribution in [3.8, 4) is 10.4 Å². The molecule has 1 saturated carbocycles. The lowest BCUT2D eigenvalue weighted by atomic mass is 9.77. The van der Waals surface area contributed by atoms with Crippen LogP contribution in [0.4, 0.5) is 10.5 Å². The molecule has 1 N–H and O–H groups in total. The normalized spacial score (nSPS) is 17.1. The van der Waals surface area contributed by atoms with Crippen molar-refractivity contribution in [3.05, 3.63) is 90.1 Å². The standard InChI is InChI=1S/C30H32N2O4S.C3H6.C2H6/c1-19-26(31-29(34)36-20(2)21-7-5-4-6-8-21)27(37-32-19)24-11-9-22(10-12-24)23-13-15-25(16-14-23)30(17-18-30)28(33)35-3;1-3-2;1-2/h4-13,20,25H,14-18H2,1-3H3,(H,31,34);3H,1H2,2H3;1-2H3/t20-,25?;;/m1../s1. The molecular weight excluding hydrogens is 544 g/mol. The van der Waals surface area contributed by atoms with Crippen LogP contribution in [0.25, 0.3) is 16.0 Å². The van der Waals surface area contributed by atoms with E-state index in [-0.39, 0.29) is 17.5 Å². The zero-order valence-electron chi connectivity index (χ0n) is 25.7. The molecule has 2 atom stereocenters. The predicted molar refractivity (Wildman–Crippen MR) is 173 cm³/mol. The van der Waals surface area contributed by atoms with Crippen molar-refractivity contribution in [1.82, 2.24) is 4.37 Å². The molecule has 2 aromatic carbocycles. The second-order valence-corrected chi connectivity index (χ2v) is 11.2. The zero-order valence-corrected chi connectivity index (χ0v) is 26.6. The maximum atomic E-state index is 12.7. The lowest BCUT2D eigenvalue weighted by molar-refractivity contribution is -0.149. The lowest BCUT2D eigenvalue weighted by Crippen LogP contribution is -2.28. The lowest BCUT2D eigenvalue weighted by Gasteiger charge is -2.28. The Morgan fingerprint density at radius 3 is 2.26 bits per heavy atom. The Morgan fingerprint density at radius 2 is 1.71 bits per heavy atom. The van der Waals surface area contributed by atoms with Gasteiger partial charge in [-0.3, -0.25) is 10.1 Å². The van der Waals surface area contributed by atoms with E-state index in [0.717, 1.165) is 53.8 Å². The van der Waals surface area contributed by atoms with Crippen molar-refractivity contribution >= 4 is 34.9 Å². The number of ether oxygens (including phenoxy) is 2. The summed E-state index contributed by atoms with van der Waals surface area (Å²) in [7, 11) is 1.49. The number of carbonyl (C=O) groups excluding carboxylic acids is 2. The number of methoxy groups -OCH3 is 1. The first-order chi connectivity index (χ1) is 20.3. The van der Waals surface area contributed by atoms with Crippen LogP contribution in [0.3, 0.4) is 0 Å². The Morgan fingerprint density at radius 1 is 1.10 bits per heavy atom. The second kappa shape index (κ2) is 15.5. The summed E-state index contributed by atoms with van der Waals surface area (Å²) in [5, 5.41) is 2.91. The van der Waals surface area contributed by atoms with Gasteiger partial charge in [0, 0.05) is 0 Å². The highest BCUT2D eigenvalue weighted by molar-refractivity contribution is 7.10. The first-order valence-corrected chi connectivity index (χ1v) is 15.5. The largest absolute Gasteiger partial charge is 0.469 e. The minimum absolute atomic E-state index is 0.0404. The average Bonchev–Trinajstić information content (AvgIpc) is 3.77. The van der Waals surface area contributed by atoms with Gasteiger partial charge in [-0.25, -0.2) is 4.79 Å². The van der Waals surface area contributed by atoms with Gasteiger partial charge in [0.05, 0.1) is 28.8 Å². The van der Waals surface area contributed by atoms with Crippen LogP contribution >= 0.6 is 11.5 Å². The summed E-state index contributed by atoms with van der Waals surface area (Å²) in [6.07, 6.45) is 7.96. The van der Waals surface area contributed by atoms with Gasteiger partial charge in [0.25, 0.3) is 0 Å². The highest BCUT2D eigenvalue weighted by atomic mass is 32.1. The van der Waals surface area contributed by atoms with Crippen LogP contribution in [0.5, 0.6) is 0 Å². The highest BCUT2D eigenvalue weighted by Gasteiger charge is 2.56. The first kappa shape index (κ1) is 32.8. The number of aryl methyl sites for hydroxylation is 1. The maximum Gasteiger partial charge on any atom is 0.412 e. The van der Waals surface area contributed by atoms with Crippen LogP contribution in [0.2, 0.25) is 0 Å². The molecule has 2 aliphatic rings. The molecule has 5 rings (SSSR count). The van der Waals surface area contributed by atoms with Crippen LogP contribution in [-0.4, -0.2) is 23.5 Å². The van der Waals surface area contributed by atoms with E-state index in [0.29, 0.717) is 11.6 Å². The number of hydrogen-bond donors (Lipinski definition) is 1. The first-order valence-electron chi connectivity index (χ1n) is 14.8. The third-order valence-corrected chi connectivity index (χ3v) is 8.72. The molecule has 224 valence electrons. The average molecular weight is 589 g/mol. The minimum Gasteiger partial charge on any atom is -0.469 e. The fourth-order valence-electron chi connectivity index (χ4n) is 5.35. The molecule has 0 radical (unpaired) electrons. The monoisotopic (exact) mass is 588 g/mol. The number of allylic oxidation sites excluding steroid dienone is 3. The predicted octanol–water partition coefficient (Wildman–Crippen LogP) is 9.78. The minimum atomic E-state index is -0.500. The van der Waals surface area contributed by atoms with Crippen molar-refractivity contribution in [2.24, 2.45) is 11.3 Å². The summed E-state index contributed by atoms with van der Waals surface area (Å²) in [5.41, 5.74) is 5.65. The van der Waals surface area contributed by atoms with E-state index >= 15 is 0 Å². The summed E-state index contributed by atoms with van der Waals surface area (Å²) >= 11 is 1.36. The van der Waals surface area contributed by atoms with E-state index in [1.165, 1.54) is 29.8 Å². The van der Waals surface area contributed by atoms with Crippen LogP contribution < -0.4 is 5.32 Å². The van der Waals surface area contributed by atoms with Crippen LogP contribution in [0.1, 0.15) is 82.7 Å². The molecule has 42 heavy (non-hydrogen) atoms. The van der Waals surface area contributed by atoms with E-state index in [9.17, 15) is 9.59 Å². The Kier molecular flexibility index (Phi) is 12.1. The number of rotatable bonds is 7.